The molecule has 3 aliphatic heterocycles. The van der Waals surface area contributed by atoms with Crippen molar-refractivity contribution in [3.05, 3.63) is 85.5 Å². The Balaban J connectivity index is 1.52. The molecule has 2 unspecified atom stereocenters. The van der Waals surface area contributed by atoms with Gasteiger partial charge < -0.3 is 29.3 Å². The quantitative estimate of drug-likeness (QED) is 0.360. The number of likely N-dealkylation sites (tertiary alicyclic amines) is 1. The minimum absolute atomic E-state index is 0.0308. The van der Waals surface area contributed by atoms with Crippen LogP contribution in [0.15, 0.2) is 79.9 Å². The van der Waals surface area contributed by atoms with Crippen LogP contribution in [0, 0.1) is 11.8 Å². The standard InChI is InChI=1S/C34H41N3O6/c1-5-19-35(23-24-11-9-8-10-12-24)32(41)29-34-18-17-33(4,43-34)27(28(34)31(40)37(29)21-22-38)30(39)36(20-6-2)25-13-15-26(16-14-25)42-7-3/h5-6,8-16,27-29,38H,1-2,7,17-23H2,3-4H3/t27-,28+,29?,33+,34?/m1/s1. The van der Waals surface area contributed by atoms with E-state index in [0.717, 1.165) is 5.56 Å². The molecule has 9 nitrogen and oxygen atoms in total. The molecule has 2 aromatic rings. The molecule has 0 aromatic heterocycles. The lowest BCUT2D eigenvalue weighted by molar-refractivity contribution is -0.152. The van der Waals surface area contributed by atoms with Crippen LogP contribution in [0.3, 0.4) is 0 Å². The SMILES string of the molecule is C=CCN(Cc1ccccc1)C(=O)C1N(CCO)C(=O)[C@@H]2[C@H](C(=O)N(CC=C)c3ccc(OCC)cc3)[C@]3(C)CCC12O3. The van der Waals surface area contributed by atoms with E-state index >= 15 is 0 Å². The Labute approximate surface area is 253 Å². The van der Waals surface area contributed by atoms with Crippen LogP contribution in [0.2, 0.25) is 0 Å². The second kappa shape index (κ2) is 12.3. The smallest absolute Gasteiger partial charge is 0.248 e. The molecule has 5 atom stereocenters. The van der Waals surface area contributed by atoms with Gasteiger partial charge >= 0.3 is 0 Å². The van der Waals surface area contributed by atoms with Crippen LogP contribution in [-0.2, 0) is 25.7 Å². The van der Waals surface area contributed by atoms with Crippen molar-refractivity contribution < 1.29 is 29.0 Å². The van der Waals surface area contributed by atoms with E-state index in [1.165, 1.54) is 4.90 Å². The fourth-order valence-electron chi connectivity index (χ4n) is 7.30. The van der Waals surface area contributed by atoms with Gasteiger partial charge in [0.2, 0.25) is 17.7 Å². The van der Waals surface area contributed by atoms with E-state index in [0.29, 0.717) is 37.4 Å². The summed E-state index contributed by atoms with van der Waals surface area (Å²) in [5.74, 6) is -1.86. The van der Waals surface area contributed by atoms with Crippen molar-refractivity contribution in [2.45, 2.75) is 50.5 Å². The van der Waals surface area contributed by atoms with Gasteiger partial charge in [-0.25, -0.2) is 0 Å². The largest absolute Gasteiger partial charge is 0.494 e. The zero-order valence-corrected chi connectivity index (χ0v) is 25.0. The Morgan fingerprint density at radius 2 is 1.77 bits per heavy atom. The number of benzene rings is 2. The zero-order valence-electron chi connectivity index (χ0n) is 25.0. The van der Waals surface area contributed by atoms with Crippen molar-refractivity contribution in [3.63, 3.8) is 0 Å². The van der Waals surface area contributed by atoms with Gasteiger partial charge in [-0.05, 0) is 56.5 Å². The van der Waals surface area contributed by atoms with Crippen LogP contribution in [0.25, 0.3) is 0 Å². The highest BCUT2D eigenvalue weighted by molar-refractivity contribution is 6.03. The maximum absolute atomic E-state index is 14.5. The van der Waals surface area contributed by atoms with E-state index < -0.39 is 29.1 Å². The van der Waals surface area contributed by atoms with Gasteiger partial charge in [-0.3, -0.25) is 14.4 Å². The number of fused-ring (bicyclic) bond motifs is 1. The first kappa shape index (κ1) is 30.5. The van der Waals surface area contributed by atoms with Crippen molar-refractivity contribution in [2.75, 3.05) is 37.7 Å². The van der Waals surface area contributed by atoms with E-state index in [2.05, 4.69) is 13.2 Å². The Hall–Kier alpha value is -3.95. The Morgan fingerprint density at radius 1 is 1.07 bits per heavy atom. The Kier molecular flexibility index (Phi) is 8.76. The van der Waals surface area contributed by atoms with E-state index in [1.807, 2.05) is 68.4 Å². The fraction of sp³-hybridized carbons (Fsp3) is 0.441. The number of ether oxygens (including phenoxy) is 2. The molecule has 2 aromatic carbocycles. The van der Waals surface area contributed by atoms with E-state index in [4.69, 9.17) is 9.47 Å². The summed E-state index contributed by atoms with van der Waals surface area (Å²) in [7, 11) is 0. The maximum Gasteiger partial charge on any atom is 0.248 e. The van der Waals surface area contributed by atoms with Crippen LogP contribution in [0.1, 0.15) is 32.3 Å². The second-order valence-corrected chi connectivity index (χ2v) is 11.6. The molecule has 3 amide bonds. The van der Waals surface area contributed by atoms with Crippen molar-refractivity contribution in [2.24, 2.45) is 11.8 Å². The molecule has 9 heteroatoms. The van der Waals surface area contributed by atoms with Crippen LogP contribution >= 0.6 is 0 Å². The highest BCUT2D eigenvalue weighted by Crippen LogP contribution is 2.63. The second-order valence-electron chi connectivity index (χ2n) is 11.6. The summed E-state index contributed by atoms with van der Waals surface area (Å²) in [5.41, 5.74) is -0.530. The summed E-state index contributed by atoms with van der Waals surface area (Å²) in [5, 5.41) is 9.97. The molecule has 0 radical (unpaired) electrons. The number of rotatable bonds is 13. The molecule has 43 heavy (non-hydrogen) atoms. The lowest BCUT2D eigenvalue weighted by Crippen LogP contribution is -2.56. The normalized spacial score (nSPS) is 27.1. The van der Waals surface area contributed by atoms with Crippen molar-refractivity contribution in [1.82, 2.24) is 9.80 Å². The minimum atomic E-state index is -1.19. The van der Waals surface area contributed by atoms with Crippen LogP contribution in [0.5, 0.6) is 5.75 Å². The van der Waals surface area contributed by atoms with Gasteiger partial charge in [-0.1, -0.05) is 42.5 Å². The number of β-amino-alcohol motifs (C(OH)–C–C–N with tert-alkyl or cyclic N) is 1. The summed E-state index contributed by atoms with van der Waals surface area (Å²) < 4.78 is 12.3. The lowest BCUT2D eigenvalue weighted by Gasteiger charge is -2.37. The van der Waals surface area contributed by atoms with Crippen molar-refractivity contribution in [1.29, 1.82) is 0 Å². The summed E-state index contributed by atoms with van der Waals surface area (Å²) in [6.45, 7) is 12.5. The number of hydrogen-bond acceptors (Lipinski definition) is 6. The van der Waals surface area contributed by atoms with Gasteiger partial charge in [-0.2, -0.15) is 0 Å². The van der Waals surface area contributed by atoms with Crippen molar-refractivity contribution in [3.8, 4) is 5.75 Å². The first-order chi connectivity index (χ1) is 20.7. The van der Waals surface area contributed by atoms with Gasteiger partial charge in [0.15, 0.2) is 0 Å². The van der Waals surface area contributed by atoms with Gasteiger partial charge in [0, 0.05) is 31.9 Å². The third kappa shape index (κ3) is 5.25. The highest BCUT2D eigenvalue weighted by atomic mass is 16.5. The highest BCUT2D eigenvalue weighted by Gasteiger charge is 2.78. The molecule has 5 rings (SSSR count). The number of aliphatic hydroxyl groups excluding tert-OH is 1. The zero-order chi connectivity index (χ0) is 30.8. The minimum Gasteiger partial charge on any atom is -0.494 e. The molecule has 0 aliphatic carbocycles. The molecule has 0 saturated carbocycles. The van der Waals surface area contributed by atoms with Crippen LogP contribution < -0.4 is 9.64 Å². The van der Waals surface area contributed by atoms with Gasteiger partial charge in [0.1, 0.15) is 17.4 Å². The molecule has 3 saturated heterocycles. The van der Waals surface area contributed by atoms with E-state index in [9.17, 15) is 19.5 Å². The maximum atomic E-state index is 14.5. The predicted molar refractivity (Wildman–Crippen MR) is 163 cm³/mol. The Bertz CT molecular complexity index is 1360. The average molecular weight is 588 g/mol. The first-order valence-electron chi connectivity index (χ1n) is 14.9. The van der Waals surface area contributed by atoms with E-state index in [1.54, 1.807) is 22.0 Å². The Morgan fingerprint density at radius 3 is 2.40 bits per heavy atom. The third-order valence-electron chi connectivity index (χ3n) is 9.03. The fourth-order valence-corrected chi connectivity index (χ4v) is 7.30. The molecule has 228 valence electrons. The van der Waals surface area contributed by atoms with Crippen molar-refractivity contribution >= 4 is 23.4 Å². The number of anilines is 1. The number of hydrogen-bond donors (Lipinski definition) is 1. The summed E-state index contributed by atoms with van der Waals surface area (Å²) in [6.07, 6.45) is 4.29. The van der Waals surface area contributed by atoms with Crippen LogP contribution in [0.4, 0.5) is 5.69 Å². The summed E-state index contributed by atoms with van der Waals surface area (Å²) >= 11 is 0. The molecule has 3 fully saturated rings. The lowest BCUT2D eigenvalue weighted by atomic mass is 9.66. The number of aliphatic hydroxyl groups is 1. The molecule has 3 heterocycles. The molecular formula is C34H41N3O6. The van der Waals surface area contributed by atoms with Crippen LogP contribution in [-0.4, -0.2) is 82.7 Å². The number of carbonyl (C=O) groups excluding carboxylic acids is 3. The molecule has 1 spiro atoms. The molecular weight excluding hydrogens is 546 g/mol. The molecule has 2 bridgehead atoms. The third-order valence-corrected chi connectivity index (χ3v) is 9.03. The molecule has 1 N–H and O–H groups in total. The monoisotopic (exact) mass is 587 g/mol. The average Bonchev–Trinajstić information content (AvgIpc) is 3.57. The summed E-state index contributed by atoms with van der Waals surface area (Å²) in [4.78, 5) is 47.9. The predicted octanol–water partition coefficient (Wildman–Crippen LogP) is 3.58. The van der Waals surface area contributed by atoms with Gasteiger partial charge in [-0.15, -0.1) is 13.2 Å². The molecule has 3 aliphatic rings. The van der Waals surface area contributed by atoms with E-state index in [-0.39, 0.29) is 44.0 Å². The number of nitrogens with zero attached hydrogens (tertiary/aromatic N) is 3. The summed E-state index contributed by atoms with van der Waals surface area (Å²) in [6, 6.07) is 15.9. The first-order valence-corrected chi connectivity index (χ1v) is 14.9. The number of amides is 3. The van der Waals surface area contributed by atoms with Gasteiger partial charge in [0.25, 0.3) is 0 Å². The number of carbonyl (C=O) groups is 3. The van der Waals surface area contributed by atoms with Gasteiger partial charge in [0.05, 0.1) is 30.7 Å². The topological polar surface area (TPSA) is 99.6 Å².